The van der Waals surface area contributed by atoms with Crippen LogP contribution in [0.4, 0.5) is 5.69 Å². The highest BCUT2D eigenvalue weighted by atomic mass is 35.5. The normalized spacial score (nSPS) is 23.4. The van der Waals surface area contributed by atoms with E-state index < -0.39 is 5.54 Å². The number of nitrogens with one attached hydrogen (secondary N) is 2. The van der Waals surface area contributed by atoms with Crippen LogP contribution in [0.15, 0.2) is 42.5 Å². The molecule has 3 nitrogen and oxygen atoms in total. The minimum Gasteiger partial charge on any atom is -0.371 e. The number of benzene rings is 2. The molecule has 2 N–H and O–H groups in total. The van der Waals surface area contributed by atoms with Crippen LogP contribution >= 0.6 is 11.6 Å². The zero-order valence-corrected chi connectivity index (χ0v) is 13.6. The molecule has 2 aromatic rings. The number of fused-ring (bicyclic) bond motifs is 2. The Balaban J connectivity index is 1.99. The van der Waals surface area contributed by atoms with Crippen molar-refractivity contribution in [3.8, 4) is 11.1 Å². The van der Waals surface area contributed by atoms with Crippen LogP contribution < -0.4 is 10.6 Å². The molecular formula is C19H19ClN2O. The lowest BCUT2D eigenvalue weighted by Crippen LogP contribution is -2.55. The Morgan fingerprint density at radius 1 is 1.04 bits per heavy atom. The third-order valence-electron chi connectivity index (χ3n) is 5.00. The summed E-state index contributed by atoms with van der Waals surface area (Å²) in [7, 11) is 0. The Kier molecular flexibility index (Phi) is 3.63. The predicted molar refractivity (Wildman–Crippen MR) is 93.7 cm³/mol. The molecule has 1 aliphatic carbocycles. The number of anilines is 1. The molecule has 118 valence electrons. The number of carbonyl (C=O) groups is 1. The molecule has 1 aliphatic heterocycles. The molecule has 23 heavy (non-hydrogen) atoms. The fraction of sp³-hybridized carbons (Fsp3) is 0.316. The van der Waals surface area contributed by atoms with Gasteiger partial charge in [-0.05, 0) is 30.0 Å². The van der Waals surface area contributed by atoms with E-state index in [1.807, 2.05) is 30.3 Å². The molecule has 4 rings (SSSR count). The number of Topliss-reactive ketones (excluding diaryl/α,β-unsaturated/α-hetero) is 1. The highest BCUT2D eigenvalue weighted by molar-refractivity contribution is 6.33. The maximum atomic E-state index is 12.9. The topological polar surface area (TPSA) is 41.1 Å². The Labute approximate surface area is 141 Å². The highest BCUT2D eigenvalue weighted by Crippen LogP contribution is 2.47. The van der Waals surface area contributed by atoms with E-state index in [2.05, 4.69) is 22.8 Å². The Bertz CT molecular complexity index is 759. The quantitative estimate of drug-likeness (QED) is 0.820. The summed E-state index contributed by atoms with van der Waals surface area (Å²) < 4.78 is 0. The van der Waals surface area contributed by atoms with Gasteiger partial charge in [-0.3, -0.25) is 10.1 Å². The summed E-state index contributed by atoms with van der Waals surface area (Å²) in [6.45, 7) is 0.566. The fourth-order valence-electron chi connectivity index (χ4n) is 3.90. The van der Waals surface area contributed by atoms with Crippen molar-refractivity contribution in [2.24, 2.45) is 0 Å². The summed E-state index contributed by atoms with van der Waals surface area (Å²) in [6.07, 6.45) is 3.50. The smallest absolute Gasteiger partial charge is 0.157 e. The van der Waals surface area contributed by atoms with Crippen LogP contribution in [0.5, 0.6) is 0 Å². The molecule has 1 fully saturated rings. The largest absolute Gasteiger partial charge is 0.371 e. The first-order chi connectivity index (χ1) is 11.2. The van der Waals surface area contributed by atoms with Gasteiger partial charge in [-0.15, -0.1) is 0 Å². The summed E-state index contributed by atoms with van der Waals surface area (Å²) in [5, 5.41) is 7.48. The van der Waals surface area contributed by atoms with E-state index >= 15 is 0 Å². The maximum Gasteiger partial charge on any atom is 0.157 e. The number of hydrogen-bond donors (Lipinski definition) is 2. The molecule has 0 saturated heterocycles. The first-order valence-corrected chi connectivity index (χ1v) is 8.51. The summed E-state index contributed by atoms with van der Waals surface area (Å²) in [5.74, 6) is 0.283. The summed E-state index contributed by atoms with van der Waals surface area (Å²) in [5.41, 5.74) is 3.52. The number of halogens is 1. The van der Waals surface area contributed by atoms with E-state index in [0.717, 1.165) is 41.6 Å². The van der Waals surface area contributed by atoms with Crippen molar-refractivity contribution in [1.82, 2.24) is 5.32 Å². The maximum absolute atomic E-state index is 12.9. The zero-order chi connectivity index (χ0) is 15.9. The monoisotopic (exact) mass is 326 g/mol. The second-order valence-electron chi connectivity index (χ2n) is 6.28. The van der Waals surface area contributed by atoms with Crippen LogP contribution in [0.25, 0.3) is 11.1 Å². The molecule has 0 radical (unpaired) electrons. The lowest BCUT2D eigenvalue weighted by molar-refractivity contribution is -0.128. The van der Waals surface area contributed by atoms with Crippen molar-refractivity contribution < 1.29 is 4.79 Å². The van der Waals surface area contributed by atoms with E-state index in [4.69, 9.17) is 11.6 Å². The van der Waals surface area contributed by atoms with Gasteiger partial charge in [0.1, 0.15) is 5.54 Å². The molecule has 1 heterocycles. The first-order valence-electron chi connectivity index (χ1n) is 8.13. The lowest BCUT2D eigenvalue weighted by Gasteiger charge is -2.43. The second-order valence-corrected chi connectivity index (χ2v) is 6.68. The average Bonchev–Trinajstić information content (AvgIpc) is 2.59. The van der Waals surface area contributed by atoms with E-state index in [9.17, 15) is 4.79 Å². The summed E-state index contributed by atoms with van der Waals surface area (Å²) in [4.78, 5) is 12.9. The average molecular weight is 327 g/mol. The van der Waals surface area contributed by atoms with Gasteiger partial charge in [0.15, 0.2) is 5.78 Å². The van der Waals surface area contributed by atoms with Crippen LogP contribution in [0.3, 0.4) is 0 Å². The molecule has 1 atom stereocenters. The van der Waals surface area contributed by atoms with Crippen LogP contribution in [-0.2, 0) is 10.3 Å². The van der Waals surface area contributed by atoms with Crippen molar-refractivity contribution >= 4 is 23.1 Å². The molecule has 1 saturated carbocycles. The predicted octanol–water partition coefficient (Wildman–Crippen LogP) is 4.32. The van der Waals surface area contributed by atoms with Gasteiger partial charge in [0, 0.05) is 12.0 Å². The van der Waals surface area contributed by atoms with Crippen molar-refractivity contribution in [3.05, 3.63) is 53.1 Å². The van der Waals surface area contributed by atoms with Crippen LogP contribution in [0, 0.1) is 0 Å². The molecule has 0 amide bonds. The zero-order valence-electron chi connectivity index (χ0n) is 12.9. The van der Waals surface area contributed by atoms with Crippen LogP contribution in [0.1, 0.15) is 31.2 Å². The van der Waals surface area contributed by atoms with Crippen LogP contribution in [0.2, 0.25) is 5.02 Å². The second kappa shape index (κ2) is 5.66. The molecule has 2 aliphatic rings. The van der Waals surface area contributed by atoms with Crippen LogP contribution in [-0.4, -0.2) is 12.5 Å². The Morgan fingerprint density at radius 3 is 2.65 bits per heavy atom. The highest BCUT2D eigenvalue weighted by Gasteiger charge is 2.46. The lowest BCUT2D eigenvalue weighted by atomic mass is 9.71. The minimum absolute atomic E-state index is 0.283. The van der Waals surface area contributed by atoms with E-state index in [0.29, 0.717) is 18.1 Å². The number of rotatable bonds is 1. The van der Waals surface area contributed by atoms with Crippen molar-refractivity contribution in [2.45, 2.75) is 31.2 Å². The van der Waals surface area contributed by atoms with Gasteiger partial charge in [-0.2, -0.15) is 0 Å². The standard InChI is InChI=1S/C19H19ClN2O/c20-15-10-9-14(13-6-2-1-3-7-13)17-18(15)21-12-22-19(17)11-5-4-8-16(19)23/h1-3,6-7,9-10,21-22H,4-5,8,11-12H2. The molecule has 2 aromatic carbocycles. The van der Waals surface area contributed by atoms with Gasteiger partial charge in [0.05, 0.1) is 17.4 Å². The van der Waals surface area contributed by atoms with Gasteiger partial charge in [-0.25, -0.2) is 0 Å². The van der Waals surface area contributed by atoms with Gasteiger partial charge in [-0.1, -0.05) is 54.4 Å². The van der Waals surface area contributed by atoms with Crippen molar-refractivity contribution in [2.75, 3.05) is 12.0 Å². The molecule has 0 bridgehead atoms. The SMILES string of the molecule is O=C1CCCCC12NCNc1c(Cl)ccc(-c3ccccc3)c12. The van der Waals surface area contributed by atoms with Gasteiger partial charge in [0.2, 0.25) is 0 Å². The Morgan fingerprint density at radius 2 is 1.87 bits per heavy atom. The molecule has 4 heteroatoms. The van der Waals surface area contributed by atoms with E-state index in [1.165, 1.54) is 0 Å². The third kappa shape index (κ3) is 2.27. The Hall–Kier alpha value is -1.84. The van der Waals surface area contributed by atoms with Gasteiger partial charge >= 0.3 is 0 Å². The number of carbonyl (C=O) groups excluding carboxylic acids is 1. The van der Waals surface area contributed by atoms with Gasteiger partial charge < -0.3 is 5.32 Å². The number of hydrogen-bond acceptors (Lipinski definition) is 3. The first kappa shape index (κ1) is 14.7. The van der Waals surface area contributed by atoms with Crippen molar-refractivity contribution in [3.63, 3.8) is 0 Å². The molecule has 1 unspecified atom stereocenters. The third-order valence-corrected chi connectivity index (χ3v) is 5.32. The van der Waals surface area contributed by atoms with E-state index in [-0.39, 0.29) is 5.78 Å². The summed E-state index contributed by atoms with van der Waals surface area (Å²) in [6, 6.07) is 14.2. The van der Waals surface area contributed by atoms with E-state index in [1.54, 1.807) is 0 Å². The van der Waals surface area contributed by atoms with Crippen molar-refractivity contribution in [1.29, 1.82) is 0 Å². The minimum atomic E-state index is -0.602. The molecular weight excluding hydrogens is 308 g/mol. The summed E-state index contributed by atoms with van der Waals surface area (Å²) >= 11 is 6.45. The number of ketones is 1. The van der Waals surface area contributed by atoms with Gasteiger partial charge in [0.25, 0.3) is 0 Å². The fourth-order valence-corrected chi connectivity index (χ4v) is 4.13. The molecule has 0 aromatic heterocycles. The molecule has 1 spiro atoms.